The van der Waals surface area contributed by atoms with Crippen LogP contribution < -0.4 is 4.74 Å². The quantitative estimate of drug-likeness (QED) is 0.813. The average Bonchev–Trinajstić information content (AvgIpc) is 2.69. The third kappa shape index (κ3) is 4.77. The van der Waals surface area contributed by atoms with E-state index >= 15 is 0 Å². The average molecular weight is 358 g/mol. The Morgan fingerprint density at radius 1 is 1.08 bits per heavy atom. The fourth-order valence-electron chi connectivity index (χ4n) is 4.00. The van der Waals surface area contributed by atoms with Crippen LogP contribution in [0.5, 0.6) is 5.75 Å². The van der Waals surface area contributed by atoms with E-state index in [4.69, 9.17) is 4.74 Å². The number of benzene rings is 1. The van der Waals surface area contributed by atoms with E-state index in [-0.39, 0.29) is 17.7 Å². The molecule has 5 heteroatoms. The van der Waals surface area contributed by atoms with Crippen LogP contribution in [0.4, 0.5) is 0 Å². The third-order valence-corrected chi connectivity index (χ3v) is 5.54. The minimum Gasteiger partial charge on any atom is -0.493 e. The standard InChI is InChI=1S/C21H30N2O3/c1-17-8-5-6-14-23(17)21(25)18-9-7-13-22(16-18)20(24)12-15-26-19-10-3-2-4-11-19/h2-4,10-11,17-18H,5-9,12-16H2,1H3. The number of carbonyl (C=O) groups is 2. The number of piperidine rings is 2. The summed E-state index contributed by atoms with van der Waals surface area (Å²) in [4.78, 5) is 29.3. The summed E-state index contributed by atoms with van der Waals surface area (Å²) in [5, 5.41) is 0. The molecule has 0 saturated carbocycles. The highest BCUT2D eigenvalue weighted by Gasteiger charge is 2.33. The normalized spacial score (nSPS) is 23.6. The summed E-state index contributed by atoms with van der Waals surface area (Å²) >= 11 is 0. The molecule has 0 radical (unpaired) electrons. The van der Waals surface area contributed by atoms with E-state index in [1.165, 1.54) is 6.42 Å². The number of nitrogens with zero attached hydrogens (tertiary/aromatic N) is 2. The summed E-state index contributed by atoms with van der Waals surface area (Å²) in [5.41, 5.74) is 0. The maximum Gasteiger partial charge on any atom is 0.227 e. The lowest BCUT2D eigenvalue weighted by Gasteiger charge is -2.39. The van der Waals surface area contributed by atoms with Gasteiger partial charge in [0, 0.05) is 25.7 Å². The maximum atomic E-state index is 12.9. The first-order valence-corrected chi connectivity index (χ1v) is 9.91. The highest BCUT2D eigenvalue weighted by atomic mass is 16.5. The molecule has 2 aliphatic heterocycles. The molecule has 2 atom stereocenters. The highest BCUT2D eigenvalue weighted by molar-refractivity contribution is 5.81. The van der Waals surface area contributed by atoms with E-state index in [0.717, 1.165) is 44.5 Å². The van der Waals surface area contributed by atoms with Crippen molar-refractivity contribution >= 4 is 11.8 Å². The van der Waals surface area contributed by atoms with Crippen molar-refractivity contribution < 1.29 is 14.3 Å². The van der Waals surface area contributed by atoms with Crippen LogP contribution in [0.2, 0.25) is 0 Å². The van der Waals surface area contributed by atoms with Gasteiger partial charge in [0.05, 0.1) is 18.9 Å². The van der Waals surface area contributed by atoms with E-state index in [0.29, 0.717) is 25.6 Å². The van der Waals surface area contributed by atoms with Crippen molar-refractivity contribution in [1.82, 2.24) is 9.80 Å². The fourth-order valence-corrected chi connectivity index (χ4v) is 4.00. The molecular formula is C21H30N2O3. The van der Waals surface area contributed by atoms with E-state index in [9.17, 15) is 9.59 Å². The number of likely N-dealkylation sites (tertiary alicyclic amines) is 2. The zero-order chi connectivity index (χ0) is 18.4. The van der Waals surface area contributed by atoms with Crippen molar-refractivity contribution in [3.63, 3.8) is 0 Å². The Morgan fingerprint density at radius 2 is 1.88 bits per heavy atom. The fraction of sp³-hybridized carbons (Fsp3) is 0.619. The third-order valence-electron chi connectivity index (χ3n) is 5.54. The van der Waals surface area contributed by atoms with Gasteiger partial charge in [-0.3, -0.25) is 9.59 Å². The molecule has 0 bridgehead atoms. The van der Waals surface area contributed by atoms with Crippen molar-refractivity contribution in [2.24, 2.45) is 5.92 Å². The molecule has 2 heterocycles. The first kappa shape index (κ1) is 18.7. The van der Waals surface area contributed by atoms with Crippen molar-refractivity contribution in [3.05, 3.63) is 30.3 Å². The molecule has 2 saturated heterocycles. The number of hydrogen-bond donors (Lipinski definition) is 0. The number of ether oxygens (including phenoxy) is 1. The minimum absolute atomic E-state index is 0.0386. The Morgan fingerprint density at radius 3 is 2.65 bits per heavy atom. The van der Waals surface area contributed by atoms with Gasteiger partial charge in [-0.25, -0.2) is 0 Å². The Labute approximate surface area is 156 Å². The van der Waals surface area contributed by atoms with Crippen molar-refractivity contribution in [1.29, 1.82) is 0 Å². The zero-order valence-corrected chi connectivity index (χ0v) is 15.7. The molecule has 2 aliphatic rings. The van der Waals surface area contributed by atoms with E-state index < -0.39 is 0 Å². The zero-order valence-electron chi connectivity index (χ0n) is 15.7. The van der Waals surface area contributed by atoms with Gasteiger partial charge in [-0.1, -0.05) is 18.2 Å². The number of hydrogen-bond acceptors (Lipinski definition) is 3. The Balaban J connectivity index is 1.47. The van der Waals surface area contributed by atoms with Crippen LogP contribution >= 0.6 is 0 Å². The topological polar surface area (TPSA) is 49.9 Å². The maximum absolute atomic E-state index is 12.9. The van der Waals surface area contributed by atoms with Gasteiger partial charge in [-0.2, -0.15) is 0 Å². The highest BCUT2D eigenvalue weighted by Crippen LogP contribution is 2.24. The van der Waals surface area contributed by atoms with Crippen LogP contribution in [0.15, 0.2) is 30.3 Å². The molecule has 5 nitrogen and oxygen atoms in total. The van der Waals surface area contributed by atoms with Crippen LogP contribution in [0.1, 0.15) is 45.4 Å². The number of rotatable bonds is 5. The van der Waals surface area contributed by atoms with Crippen LogP contribution in [-0.2, 0) is 9.59 Å². The van der Waals surface area contributed by atoms with Crippen molar-refractivity contribution in [2.45, 2.75) is 51.5 Å². The Kier molecular flexibility index (Phi) is 6.53. The largest absolute Gasteiger partial charge is 0.493 e. The van der Waals surface area contributed by atoms with Gasteiger partial charge in [0.1, 0.15) is 5.75 Å². The molecule has 1 aromatic carbocycles. The summed E-state index contributed by atoms with van der Waals surface area (Å²) in [7, 11) is 0. The molecule has 26 heavy (non-hydrogen) atoms. The van der Waals surface area contributed by atoms with Gasteiger partial charge in [0.2, 0.25) is 11.8 Å². The number of carbonyl (C=O) groups excluding carboxylic acids is 2. The molecule has 142 valence electrons. The van der Waals surface area contributed by atoms with Gasteiger partial charge < -0.3 is 14.5 Å². The second-order valence-electron chi connectivity index (χ2n) is 7.47. The molecule has 0 spiro atoms. The summed E-state index contributed by atoms with van der Waals surface area (Å²) in [6.07, 6.45) is 5.56. The first-order chi connectivity index (χ1) is 12.6. The van der Waals surface area contributed by atoms with Crippen LogP contribution in [0.3, 0.4) is 0 Å². The number of amides is 2. The van der Waals surface area contributed by atoms with E-state index in [2.05, 4.69) is 6.92 Å². The smallest absolute Gasteiger partial charge is 0.227 e. The predicted molar refractivity (Wildman–Crippen MR) is 101 cm³/mol. The van der Waals surface area contributed by atoms with E-state index in [1.54, 1.807) is 0 Å². The molecular weight excluding hydrogens is 328 g/mol. The summed E-state index contributed by atoms with van der Waals surface area (Å²) in [6.45, 7) is 4.70. The summed E-state index contributed by atoms with van der Waals surface area (Å²) < 4.78 is 5.63. The summed E-state index contributed by atoms with van der Waals surface area (Å²) in [6, 6.07) is 9.88. The van der Waals surface area contributed by atoms with Crippen LogP contribution in [-0.4, -0.2) is 53.9 Å². The van der Waals surface area contributed by atoms with E-state index in [1.807, 2.05) is 40.1 Å². The second kappa shape index (κ2) is 9.06. The molecule has 0 aromatic heterocycles. The monoisotopic (exact) mass is 358 g/mol. The Hall–Kier alpha value is -2.04. The van der Waals surface area contributed by atoms with Gasteiger partial charge in [0.15, 0.2) is 0 Å². The lowest BCUT2D eigenvalue weighted by molar-refractivity contribution is -0.143. The lowest BCUT2D eigenvalue weighted by atomic mass is 9.93. The predicted octanol–water partition coefficient (Wildman–Crippen LogP) is 3.10. The van der Waals surface area contributed by atoms with Crippen molar-refractivity contribution in [3.8, 4) is 5.75 Å². The molecule has 0 N–H and O–H groups in total. The minimum atomic E-state index is -0.0386. The molecule has 2 fully saturated rings. The molecule has 2 amide bonds. The first-order valence-electron chi connectivity index (χ1n) is 9.91. The summed E-state index contributed by atoms with van der Waals surface area (Å²) in [5.74, 6) is 1.08. The van der Waals surface area contributed by atoms with Gasteiger partial charge in [-0.15, -0.1) is 0 Å². The van der Waals surface area contributed by atoms with Crippen molar-refractivity contribution in [2.75, 3.05) is 26.2 Å². The lowest BCUT2D eigenvalue weighted by Crippen LogP contribution is -2.50. The van der Waals surface area contributed by atoms with Gasteiger partial charge in [-0.05, 0) is 51.2 Å². The van der Waals surface area contributed by atoms with Crippen LogP contribution in [0.25, 0.3) is 0 Å². The molecule has 3 rings (SSSR count). The Bertz CT molecular complexity index is 605. The number of para-hydroxylation sites is 1. The molecule has 1 aromatic rings. The van der Waals surface area contributed by atoms with Crippen LogP contribution in [0, 0.1) is 5.92 Å². The second-order valence-corrected chi connectivity index (χ2v) is 7.47. The SMILES string of the molecule is CC1CCCCN1C(=O)C1CCCN(C(=O)CCOc2ccccc2)C1. The molecule has 0 aliphatic carbocycles. The molecule has 2 unspecified atom stereocenters. The van der Waals surface area contributed by atoms with Gasteiger partial charge >= 0.3 is 0 Å². The van der Waals surface area contributed by atoms with Gasteiger partial charge in [0.25, 0.3) is 0 Å².